The lowest BCUT2D eigenvalue weighted by molar-refractivity contribution is -0.351. The number of halogens is 5. The third-order valence-corrected chi connectivity index (χ3v) is 4.50. The molecule has 1 aliphatic rings. The van der Waals surface area contributed by atoms with Crippen LogP contribution in [-0.4, -0.2) is 79.8 Å². The van der Waals surface area contributed by atoms with Gasteiger partial charge in [-0.1, -0.05) is 6.58 Å². The summed E-state index contributed by atoms with van der Waals surface area (Å²) < 4.78 is 105. The summed E-state index contributed by atoms with van der Waals surface area (Å²) in [7, 11) is -5.95. The zero-order valence-corrected chi connectivity index (χ0v) is 15.0. The molecule has 1 atom stereocenters. The van der Waals surface area contributed by atoms with E-state index in [1.54, 1.807) is 0 Å². The van der Waals surface area contributed by atoms with Crippen molar-refractivity contribution in [1.82, 2.24) is 10.2 Å². The van der Waals surface area contributed by atoms with Crippen LogP contribution in [0.4, 0.5) is 22.0 Å². The molecule has 1 rings (SSSR count). The maximum atomic E-state index is 13.7. The largest absolute Gasteiger partial charge is 0.466 e. The Balaban J connectivity index is 3.22. The van der Waals surface area contributed by atoms with E-state index in [-0.39, 0.29) is 26.2 Å². The van der Waals surface area contributed by atoms with Crippen LogP contribution in [0.1, 0.15) is 6.42 Å². The fourth-order valence-corrected chi connectivity index (χ4v) is 2.44. The average Bonchev–Trinajstić information content (AvgIpc) is 2.58. The molecule has 0 aromatic carbocycles. The van der Waals surface area contributed by atoms with Crippen LogP contribution in [-0.2, 0) is 29.2 Å². The molecule has 0 aliphatic carbocycles. The molecule has 0 spiro atoms. The highest BCUT2D eigenvalue weighted by atomic mass is 32.2. The van der Waals surface area contributed by atoms with Crippen LogP contribution in [0.15, 0.2) is 12.7 Å². The third kappa shape index (κ3) is 5.36. The molecule has 1 aliphatic heterocycles. The van der Waals surface area contributed by atoms with E-state index in [4.69, 9.17) is 4.55 Å². The van der Waals surface area contributed by atoms with Gasteiger partial charge < -0.3 is 19.7 Å². The Kier molecular flexibility index (Phi) is 7.49. The number of carbonyl (C=O) groups is 2. The van der Waals surface area contributed by atoms with Gasteiger partial charge in [-0.15, -0.1) is 0 Å². The van der Waals surface area contributed by atoms with Gasteiger partial charge in [-0.05, 0) is 0 Å². The second-order valence-electron chi connectivity index (χ2n) is 5.49. The highest BCUT2D eigenvalue weighted by Crippen LogP contribution is 2.38. The van der Waals surface area contributed by atoms with E-state index < -0.39 is 52.2 Å². The van der Waals surface area contributed by atoms with Gasteiger partial charge in [0, 0.05) is 32.3 Å². The smallest absolute Gasteiger partial charge is 0.412 e. The molecule has 1 unspecified atom stereocenters. The number of nitrogens with zero attached hydrogens (tertiary/aromatic N) is 1. The van der Waals surface area contributed by atoms with Crippen LogP contribution < -0.4 is 5.32 Å². The van der Waals surface area contributed by atoms with Crippen LogP contribution in [0.2, 0.25) is 0 Å². The zero-order valence-electron chi connectivity index (χ0n) is 14.2. The zero-order chi connectivity index (χ0) is 21.8. The maximum Gasteiger partial charge on any atom is 0.466 e. The van der Waals surface area contributed by atoms with E-state index in [0.29, 0.717) is 11.0 Å². The molecule has 15 heteroatoms. The summed E-state index contributed by atoms with van der Waals surface area (Å²) in [6.07, 6.45) is -7.35. The molecule has 0 saturated carbocycles. The molecule has 28 heavy (non-hydrogen) atoms. The van der Waals surface area contributed by atoms with Crippen molar-refractivity contribution in [2.24, 2.45) is 0 Å². The lowest BCUT2D eigenvalue weighted by Gasteiger charge is -2.38. The van der Waals surface area contributed by atoms with Gasteiger partial charge in [-0.3, -0.25) is 9.35 Å². The number of hydrogen-bond acceptors (Lipinski definition) is 7. The Morgan fingerprint density at radius 1 is 1.18 bits per heavy atom. The lowest BCUT2D eigenvalue weighted by Crippen LogP contribution is -2.64. The molecule has 0 aromatic heterocycles. The first kappa shape index (κ1) is 24.2. The van der Waals surface area contributed by atoms with Crippen LogP contribution >= 0.6 is 0 Å². The molecular formula is C13H17F5N2O7S. The maximum absolute atomic E-state index is 13.7. The molecule has 9 nitrogen and oxygen atoms in total. The van der Waals surface area contributed by atoms with Crippen molar-refractivity contribution in [3.8, 4) is 0 Å². The van der Waals surface area contributed by atoms with Gasteiger partial charge in [0.2, 0.25) is 0 Å². The standard InChI is InChI=1S/C13H17F5N2O7S/c1-2-9(21)27-12(13(16,17)18,10(22)20-6-4-19-5-7-20)26-8-3-11(14,15)28(23,24)25/h2,19H,1,3-8H2,(H,23,24,25). The number of rotatable bonds is 8. The van der Waals surface area contributed by atoms with Crippen molar-refractivity contribution in [3.05, 3.63) is 12.7 Å². The molecule has 0 radical (unpaired) electrons. The second-order valence-corrected chi connectivity index (χ2v) is 7.04. The van der Waals surface area contributed by atoms with Crippen molar-refractivity contribution >= 4 is 22.0 Å². The van der Waals surface area contributed by atoms with E-state index >= 15 is 0 Å². The SMILES string of the molecule is C=CC(=O)OC(OCCC(F)(F)S(=O)(=O)O)(C(=O)N1CCNCC1)C(F)(F)F. The lowest BCUT2D eigenvalue weighted by atomic mass is 10.2. The van der Waals surface area contributed by atoms with Gasteiger partial charge in [-0.25, -0.2) is 4.79 Å². The van der Waals surface area contributed by atoms with Gasteiger partial charge in [0.25, 0.3) is 0 Å². The van der Waals surface area contributed by atoms with Gasteiger partial charge in [0.1, 0.15) is 0 Å². The summed E-state index contributed by atoms with van der Waals surface area (Å²) in [5.41, 5.74) is 0. The number of piperazine rings is 1. The molecule has 1 heterocycles. The fourth-order valence-electron chi connectivity index (χ4n) is 2.10. The minimum Gasteiger partial charge on any atom is -0.412 e. The van der Waals surface area contributed by atoms with E-state index in [2.05, 4.69) is 21.4 Å². The Morgan fingerprint density at radius 3 is 2.14 bits per heavy atom. The van der Waals surface area contributed by atoms with Crippen LogP contribution in [0.5, 0.6) is 0 Å². The molecule has 0 bridgehead atoms. The molecule has 1 amide bonds. The summed E-state index contributed by atoms with van der Waals surface area (Å²) in [5.74, 6) is -7.92. The second kappa shape index (κ2) is 8.67. The first-order valence-corrected chi connectivity index (χ1v) is 9.03. The highest BCUT2D eigenvalue weighted by molar-refractivity contribution is 7.86. The van der Waals surface area contributed by atoms with Crippen LogP contribution in [0.25, 0.3) is 0 Å². The monoisotopic (exact) mass is 440 g/mol. The molecule has 162 valence electrons. The predicted molar refractivity (Wildman–Crippen MR) is 81.6 cm³/mol. The van der Waals surface area contributed by atoms with E-state index in [0.717, 1.165) is 0 Å². The Bertz CT molecular complexity index is 707. The number of carbonyl (C=O) groups excluding carboxylic acids is 2. The molecule has 2 N–H and O–H groups in total. The van der Waals surface area contributed by atoms with Gasteiger partial charge in [0.15, 0.2) is 0 Å². The summed E-state index contributed by atoms with van der Waals surface area (Å²) in [6.45, 7) is 0.941. The van der Waals surface area contributed by atoms with Gasteiger partial charge in [-0.2, -0.15) is 30.4 Å². The number of ether oxygens (including phenoxy) is 2. The average molecular weight is 440 g/mol. The summed E-state index contributed by atoms with van der Waals surface area (Å²) in [6, 6.07) is 0. The van der Waals surface area contributed by atoms with E-state index in [1.165, 1.54) is 0 Å². The summed E-state index contributed by atoms with van der Waals surface area (Å²) in [4.78, 5) is 24.5. The fraction of sp³-hybridized carbons (Fsp3) is 0.692. The molecule has 0 aromatic rings. The highest BCUT2D eigenvalue weighted by Gasteiger charge is 2.67. The normalized spacial score (nSPS) is 18.3. The Morgan fingerprint density at radius 2 is 1.71 bits per heavy atom. The molecule has 1 saturated heterocycles. The number of amides is 1. The van der Waals surface area contributed by atoms with E-state index in [1.807, 2.05) is 0 Å². The van der Waals surface area contributed by atoms with Crippen molar-refractivity contribution in [1.29, 1.82) is 0 Å². The number of hydrogen-bond donors (Lipinski definition) is 2. The number of esters is 1. The minimum absolute atomic E-state index is 0.107. The third-order valence-electron chi connectivity index (χ3n) is 3.55. The number of nitrogens with one attached hydrogen (secondary N) is 1. The Hall–Kier alpha value is -1.84. The van der Waals surface area contributed by atoms with Crippen LogP contribution in [0.3, 0.4) is 0 Å². The van der Waals surface area contributed by atoms with E-state index in [9.17, 15) is 40.0 Å². The minimum atomic E-state index is -5.95. The molecule has 1 fully saturated rings. The summed E-state index contributed by atoms with van der Waals surface area (Å²) in [5, 5.41) is -2.10. The predicted octanol–water partition coefficient (Wildman–Crippen LogP) is 0.293. The summed E-state index contributed by atoms with van der Waals surface area (Å²) >= 11 is 0. The van der Waals surface area contributed by atoms with Gasteiger partial charge in [0.05, 0.1) is 13.0 Å². The van der Waals surface area contributed by atoms with Crippen molar-refractivity contribution in [3.63, 3.8) is 0 Å². The van der Waals surface area contributed by atoms with Gasteiger partial charge >= 0.3 is 39.2 Å². The Labute approximate surface area is 156 Å². The topological polar surface area (TPSA) is 122 Å². The van der Waals surface area contributed by atoms with Crippen molar-refractivity contribution in [2.75, 3.05) is 32.8 Å². The number of alkyl halides is 5. The first-order valence-electron chi connectivity index (χ1n) is 7.59. The van der Waals surface area contributed by atoms with Crippen LogP contribution in [0, 0.1) is 0 Å². The van der Waals surface area contributed by atoms with Crippen molar-refractivity contribution < 1.29 is 54.0 Å². The molecular weight excluding hydrogens is 423 g/mol. The first-order chi connectivity index (χ1) is 12.7. The quantitative estimate of drug-likeness (QED) is 0.182. The van der Waals surface area contributed by atoms with Crippen molar-refractivity contribution in [2.45, 2.75) is 23.6 Å².